The van der Waals surface area contributed by atoms with Crippen LogP contribution in [0.1, 0.15) is 37.2 Å². The minimum atomic E-state index is -0.694. The van der Waals surface area contributed by atoms with E-state index in [9.17, 15) is 4.79 Å². The molecule has 1 aromatic rings. The van der Waals surface area contributed by atoms with Crippen molar-refractivity contribution in [3.8, 4) is 0 Å². The van der Waals surface area contributed by atoms with Crippen molar-refractivity contribution in [2.75, 3.05) is 0 Å². The van der Waals surface area contributed by atoms with Crippen LogP contribution in [0.3, 0.4) is 0 Å². The van der Waals surface area contributed by atoms with Crippen molar-refractivity contribution in [1.29, 1.82) is 0 Å². The Labute approximate surface area is 111 Å². The first-order chi connectivity index (χ1) is 8.15. The minimum Gasteiger partial charge on any atom is -0.450 e. The Morgan fingerprint density at radius 3 is 2.24 bits per heavy atom. The molecule has 0 aromatic heterocycles. The average molecular weight is 273 g/mol. The molecule has 0 saturated heterocycles. The quantitative estimate of drug-likeness (QED) is 0.727. The zero-order chi connectivity index (χ0) is 12.3. The van der Waals surface area contributed by atoms with E-state index in [-0.39, 0.29) is 6.10 Å². The summed E-state index contributed by atoms with van der Waals surface area (Å²) in [6.07, 6.45) is 3.80. The maximum atomic E-state index is 10.6. The molecule has 0 bridgehead atoms. The van der Waals surface area contributed by atoms with Gasteiger partial charge in [0.25, 0.3) is 0 Å². The Bertz CT molecular complexity index is 381. The number of benzene rings is 1. The Balaban J connectivity index is 1.90. The highest BCUT2D eigenvalue weighted by atomic mass is 35.5. The van der Waals surface area contributed by atoms with Gasteiger partial charge < -0.3 is 4.74 Å². The topological polar surface area (TPSA) is 26.3 Å². The third kappa shape index (κ3) is 3.62. The van der Waals surface area contributed by atoms with Gasteiger partial charge in [0, 0.05) is 16.6 Å². The molecular formula is C13H14Cl2O2. The van der Waals surface area contributed by atoms with Gasteiger partial charge in [0.2, 0.25) is 0 Å². The Kier molecular flexibility index (Phi) is 4.30. The summed E-state index contributed by atoms with van der Waals surface area (Å²) in [6.45, 7) is 0. The zero-order valence-corrected chi connectivity index (χ0v) is 10.9. The predicted octanol–water partition coefficient (Wildman–Crippen LogP) is 4.74. The summed E-state index contributed by atoms with van der Waals surface area (Å²) in [5, 5.41) is 0.763. The highest BCUT2D eigenvalue weighted by Gasteiger charge is 2.24. The fraction of sp³-hybridized carbons (Fsp3) is 0.462. The van der Waals surface area contributed by atoms with Crippen LogP contribution in [0, 0.1) is 0 Å². The molecule has 0 aliphatic heterocycles. The molecule has 2 nitrogen and oxygen atoms in total. The third-order valence-electron chi connectivity index (χ3n) is 3.27. The summed E-state index contributed by atoms with van der Waals surface area (Å²) in [7, 11) is 0. The summed E-state index contributed by atoms with van der Waals surface area (Å²) in [5.41, 5.74) is 0.616. The van der Waals surface area contributed by atoms with Crippen LogP contribution in [0.2, 0.25) is 5.02 Å². The van der Waals surface area contributed by atoms with Crippen molar-refractivity contribution in [1.82, 2.24) is 0 Å². The largest absolute Gasteiger partial charge is 0.450 e. The summed E-state index contributed by atoms with van der Waals surface area (Å²) in [6, 6.07) is 7.98. The maximum Gasteiger partial charge on any atom is 0.404 e. The average Bonchev–Trinajstić information content (AvgIpc) is 2.30. The lowest BCUT2D eigenvalue weighted by Gasteiger charge is -2.27. The highest BCUT2D eigenvalue weighted by Crippen LogP contribution is 2.34. The van der Waals surface area contributed by atoms with Gasteiger partial charge in [-0.2, -0.15) is 0 Å². The van der Waals surface area contributed by atoms with Crippen LogP contribution in [-0.2, 0) is 4.74 Å². The number of carbonyl (C=O) groups excluding carboxylic acids is 1. The fourth-order valence-corrected chi connectivity index (χ4v) is 2.63. The molecule has 0 spiro atoms. The van der Waals surface area contributed by atoms with Crippen molar-refractivity contribution in [3.05, 3.63) is 34.9 Å². The summed E-state index contributed by atoms with van der Waals surface area (Å²) < 4.78 is 5.00. The van der Waals surface area contributed by atoms with Gasteiger partial charge in [0.15, 0.2) is 0 Å². The first-order valence-electron chi connectivity index (χ1n) is 5.76. The van der Waals surface area contributed by atoms with E-state index in [0.29, 0.717) is 5.92 Å². The van der Waals surface area contributed by atoms with E-state index >= 15 is 0 Å². The molecule has 0 radical (unpaired) electrons. The number of carbonyl (C=O) groups is 1. The highest BCUT2D eigenvalue weighted by molar-refractivity contribution is 6.61. The molecule has 2 rings (SSSR count). The molecule has 1 aliphatic rings. The Morgan fingerprint density at radius 1 is 1.12 bits per heavy atom. The van der Waals surface area contributed by atoms with E-state index < -0.39 is 5.43 Å². The molecule has 0 heterocycles. The normalized spacial score (nSPS) is 24.4. The summed E-state index contributed by atoms with van der Waals surface area (Å²) >= 11 is 11.1. The monoisotopic (exact) mass is 272 g/mol. The molecule has 0 unspecified atom stereocenters. The van der Waals surface area contributed by atoms with E-state index in [4.69, 9.17) is 27.9 Å². The van der Waals surface area contributed by atoms with Gasteiger partial charge in [-0.25, -0.2) is 4.79 Å². The van der Waals surface area contributed by atoms with E-state index in [1.165, 1.54) is 5.56 Å². The van der Waals surface area contributed by atoms with E-state index in [0.717, 1.165) is 30.7 Å². The van der Waals surface area contributed by atoms with E-state index in [1.54, 1.807) is 0 Å². The number of hydrogen-bond donors (Lipinski definition) is 0. The van der Waals surface area contributed by atoms with Crippen LogP contribution in [0.15, 0.2) is 24.3 Å². The van der Waals surface area contributed by atoms with Gasteiger partial charge in [-0.3, -0.25) is 0 Å². The Hall–Kier alpha value is -0.730. The molecule has 1 saturated carbocycles. The van der Waals surface area contributed by atoms with E-state index in [2.05, 4.69) is 12.1 Å². The van der Waals surface area contributed by atoms with Gasteiger partial charge in [0.05, 0.1) is 0 Å². The van der Waals surface area contributed by atoms with Crippen LogP contribution in [0.4, 0.5) is 4.79 Å². The van der Waals surface area contributed by atoms with Crippen molar-refractivity contribution >= 4 is 28.6 Å². The van der Waals surface area contributed by atoms with Crippen molar-refractivity contribution in [3.63, 3.8) is 0 Å². The fourth-order valence-electron chi connectivity index (χ4n) is 2.38. The second-order valence-corrected chi connectivity index (χ2v) is 5.13. The van der Waals surface area contributed by atoms with Gasteiger partial charge >= 0.3 is 5.43 Å². The van der Waals surface area contributed by atoms with Gasteiger partial charge in [-0.15, -0.1) is 0 Å². The number of hydrogen-bond acceptors (Lipinski definition) is 2. The lowest BCUT2D eigenvalue weighted by atomic mass is 9.83. The lowest BCUT2D eigenvalue weighted by Crippen LogP contribution is -2.21. The number of rotatable bonds is 2. The molecule has 0 N–H and O–H groups in total. The second kappa shape index (κ2) is 5.74. The molecule has 0 atom stereocenters. The number of ether oxygens (including phenoxy) is 1. The van der Waals surface area contributed by atoms with Gasteiger partial charge in [0.1, 0.15) is 6.10 Å². The van der Waals surface area contributed by atoms with Crippen LogP contribution < -0.4 is 0 Å². The minimum absolute atomic E-state index is 0.0106. The summed E-state index contributed by atoms with van der Waals surface area (Å²) in [4.78, 5) is 10.6. The third-order valence-corrected chi connectivity index (χ3v) is 3.62. The molecule has 1 fully saturated rings. The van der Waals surface area contributed by atoms with Crippen LogP contribution in [0.5, 0.6) is 0 Å². The summed E-state index contributed by atoms with van der Waals surface area (Å²) in [5.74, 6) is 0.539. The molecule has 4 heteroatoms. The van der Waals surface area contributed by atoms with E-state index in [1.807, 2.05) is 12.1 Å². The smallest absolute Gasteiger partial charge is 0.404 e. The van der Waals surface area contributed by atoms with Crippen LogP contribution in [-0.4, -0.2) is 11.5 Å². The molecule has 1 aromatic carbocycles. The van der Waals surface area contributed by atoms with Crippen molar-refractivity contribution in [2.45, 2.75) is 37.7 Å². The lowest BCUT2D eigenvalue weighted by molar-refractivity contribution is 0.0908. The second-order valence-electron chi connectivity index (χ2n) is 4.38. The van der Waals surface area contributed by atoms with Crippen LogP contribution in [0.25, 0.3) is 0 Å². The SMILES string of the molecule is O=C(Cl)OC1CCC(c2ccc(Cl)cc2)CC1. The molecule has 17 heavy (non-hydrogen) atoms. The number of halogens is 2. The van der Waals surface area contributed by atoms with Crippen molar-refractivity contribution < 1.29 is 9.53 Å². The van der Waals surface area contributed by atoms with Crippen LogP contribution >= 0.6 is 23.2 Å². The first-order valence-corrected chi connectivity index (χ1v) is 6.52. The van der Waals surface area contributed by atoms with Gasteiger partial charge in [-0.1, -0.05) is 23.7 Å². The Morgan fingerprint density at radius 2 is 1.71 bits per heavy atom. The zero-order valence-electron chi connectivity index (χ0n) is 9.36. The molecular weight excluding hydrogens is 259 g/mol. The van der Waals surface area contributed by atoms with Crippen molar-refractivity contribution in [2.24, 2.45) is 0 Å². The van der Waals surface area contributed by atoms with Gasteiger partial charge in [-0.05, 0) is 49.3 Å². The predicted molar refractivity (Wildman–Crippen MR) is 68.8 cm³/mol. The molecule has 0 amide bonds. The molecule has 1 aliphatic carbocycles. The molecule has 92 valence electrons. The first kappa shape index (κ1) is 12.7. The maximum absolute atomic E-state index is 10.6. The standard InChI is InChI=1S/C13H14Cl2O2/c14-11-5-1-9(2-6-11)10-3-7-12(8-4-10)17-13(15)16/h1-2,5-6,10,12H,3-4,7-8H2.